The van der Waals surface area contributed by atoms with Crippen molar-refractivity contribution in [1.29, 1.82) is 0 Å². The van der Waals surface area contributed by atoms with Gasteiger partial charge >= 0.3 is 5.97 Å². The van der Waals surface area contributed by atoms with Crippen molar-refractivity contribution in [2.75, 3.05) is 6.61 Å². The van der Waals surface area contributed by atoms with Gasteiger partial charge in [0.2, 0.25) is 0 Å². The molecule has 0 amide bonds. The molecule has 4 fully saturated rings. The van der Waals surface area contributed by atoms with Crippen LogP contribution in [0.15, 0.2) is 11.6 Å². The molecule has 6 N–H and O–H groups in total. The molecule has 0 spiro atoms. The number of aliphatic carboxylic acids is 1. The van der Waals surface area contributed by atoms with Crippen LogP contribution in [0.25, 0.3) is 0 Å². The van der Waals surface area contributed by atoms with E-state index < -0.39 is 42.4 Å². The first kappa shape index (κ1) is 31.4. The van der Waals surface area contributed by atoms with Crippen LogP contribution in [-0.4, -0.2) is 67.6 Å². The van der Waals surface area contributed by atoms with E-state index in [2.05, 4.69) is 40.7 Å². The Labute approximate surface area is 246 Å². The molecule has 0 aromatic rings. The molecular formula is C34H56O7. The standard InChI is InChI=1S/C34H56O7/c1-19-8-14-34(30(40)41)15-10-22-21(23(34)16-19)6-7-27-32(22,4)13-11-26-31(2,3)20(9-12-33(26,27)5)17-24(36)28(38)29(39)25(37)18-35/h6,19-20,22-29,35-39H,7-18H2,1-5H3,(H,40,41). The Bertz CT molecular complexity index is 1020. The van der Waals surface area contributed by atoms with Crippen LogP contribution in [0.4, 0.5) is 0 Å². The van der Waals surface area contributed by atoms with Crippen LogP contribution < -0.4 is 0 Å². The van der Waals surface area contributed by atoms with Gasteiger partial charge in [-0.3, -0.25) is 4.79 Å². The third kappa shape index (κ3) is 4.75. The van der Waals surface area contributed by atoms with Gasteiger partial charge in [0.25, 0.3) is 0 Å². The van der Waals surface area contributed by atoms with E-state index in [9.17, 15) is 30.3 Å². The maximum Gasteiger partial charge on any atom is 0.310 e. The normalized spacial score (nSPS) is 46.4. The molecule has 0 radical (unpaired) electrons. The molecule has 234 valence electrons. The highest BCUT2D eigenvalue weighted by Crippen LogP contribution is 2.72. The molecule has 0 aromatic carbocycles. The molecule has 5 aliphatic carbocycles. The topological polar surface area (TPSA) is 138 Å². The molecule has 7 heteroatoms. The molecule has 7 nitrogen and oxygen atoms in total. The van der Waals surface area contributed by atoms with Gasteiger partial charge in [-0.1, -0.05) is 46.3 Å². The monoisotopic (exact) mass is 576 g/mol. The first-order valence-electron chi connectivity index (χ1n) is 16.4. The quantitative estimate of drug-likeness (QED) is 0.245. The second kappa shape index (κ2) is 10.9. The lowest BCUT2D eigenvalue weighted by atomic mass is 9.36. The zero-order chi connectivity index (χ0) is 30.1. The van der Waals surface area contributed by atoms with E-state index in [4.69, 9.17) is 5.11 Å². The number of hydrogen-bond acceptors (Lipinski definition) is 6. The maximum atomic E-state index is 12.7. The maximum absolute atomic E-state index is 12.7. The van der Waals surface area contributed by atoms with Crippen molar-refractivity contribution in [3.05, 3.63) is 11.6 Å². The third-order valence-corrected chi connectivity index (χ3v) is 14.1. The highest BCUT2D eigenvalue weighted by Gasteiger charge is 2.65. The number of carbonyl (C=O) groups is 1. The number of aliphatic hydroxyl groups is 5. The van der Waals surface area contributed by atoms with Crippen LogP contribution in [0.1, 0.15) is 105 Å². The summed E-state index contributed by atoms with van der Waals surface area (Å²) in [6.45, 7) is 11.3. The second-order valence-corrected chi connectivity index (χ2v) is 16.2. The highest BCUT2D eigenvalue weighted by atomic mass is 16.4. The van der Waals surface area contributed by atoms with Crippen LogP contribution in [0.3, 0.4) is 0 Å². The van der Waals surface area contributed by atoms with Crippen molar-refractivity contribution < 1.29 is 35.4 Å². The molecule has 5 aliphatic rings. The van der Waals surface area contributed by atoms with Crippen LogP contribution in [-0.2, 0) is 4.79 Å². The SMILES string of the molecule is CC1CCC2(C(=O)O)CCC3C(=CCC4C3(C)CCC3C(C)(C)C(CC(O)C(O)C(O)C(O)CO)CCC34C)C2C1. The Hall–Kier alpha value is -0.990. The summed E-state index contributed by atoms with van der Waals surface area (Å²) in [5.41, 5.74) is 1.10. The Balaban J connectivity index is 1.38. The van der Waals surface area contributed by atoms with Crippen LogP contribution in [0.2, 0.25) is 0 Å². The number of rotatable bonds is 7. The molecule has 13 unspecified atom stereocenters. The number of aliphatic hydroxyl groups excluding tert-OH is 5. The van der Waals surface area contributed by atoms with Gasteiger partial charge in [0.15, 0.2) is 0 Å². The number of hydrogen-bond donors (Lipinski definition) is 6. The van der Waals surface area contributed by atoms with E-state index in [0.717, 1.165) is 64.2 Å². The van der Waals surface area contributed by atoms with Crippen LogP contribution >= 0.6 is 0 Å². The predicted molar refractivity (Wildman–Crippen MR) is 157 cm³/mol. The van der Waals surface area contributed by atoms with Crippen molar-refractivity contribution in [1.82, 2.24) is 0 Å². The van der Waals surface area contributed by atoms with Gasteiger partial charge in [-0.05, 0) is 122 Å². The fraction of sp³-hybridized carbons (Fsp3) is 0.912. The lowest BCUT2D eigenvalue weighted by Crippen LogP contribution is -2.61. The largest absolute Gasteiger partial charge is 0.481 e. The summed E-state index contributed by atoms with van der Waals surface area (Å²) in [6.07, 6.45) is 6.92. The molecule has 41 heavy (non-hydrogen) atoms. The van der Waals surface area contributed by atoms with Gasteiger partial charge in [-0.15, -0.1) is 0 Å². The Kier molecular flexibility index (Phi) is 8.33. The molecule has 0 heterocycles. The lowest BCUT2D eigenvalue weighted by molar-refractivity contribution is -0.182. The summed E-state index contributed by atoms with van der Waals surface area (Å²) in [4.78, 5) is 12.7. The molecule has 13 atom stereocenters. The van der Waals surface area contributed by atoms with Gasteiger partial charge in [-0.2, -0.15) is 0 Å². The van der Waals surface area contributed by atoms with Gasteiger partial charge in [0.1, 0.15) is 18.3 Å². The Morgan fingerprint density at radius 1 is 0.854 bits per heavy atom. The van der Waals surface area contributed by atoms with Crippen molar-refractivity contribution in [3.8, 4) is 0 Å². The second-order valence-electron chi connectivity index (χ2n) is 16.2. The Morgan fingerprint density at radius 3 is 2.15 bits per heavy atom. The van der Waals surface area contributed by atoms with E-state index >= 15 is 0 Å². The van der Waals surface area contributed by atoms with Crippen molar-refractivity contribution in [2.45, 2.75) is 130 Å². The summed E-state index contributed by atoms with van der Waals surface area (Å²) in [6, 6.07) is 0. The van der Waals surface area contributed by atoms with E-state index in [0.29, 0.717) is 30.1 Å². The first-order valence-corrected chi connectivity index (χ1v) is 16.4. The molecule has 0 aromatic heterocycles. The molecule has 0 aliphatic heterocycles. The summed E-state index contributed by atoms with van der Waals surface area (Å²) in [5, 5.41) is 60.9. The molecule has 0 bridgehead atoms. The van der Waals surface area contributed by atoms with Gasteiger partial charge < -0.3 is 30.6 Å². The fourth-order valence-electron chi connectivity index (χ4n) is 11.6. The molecule has 0 saturated heterocycles. The van der Waals surface area contributed by atoms with E-state index in [1.807, 2.05) is 0 Å². The van der Waals surface area contributed by atoms with E-state index in [1.165, 1.54) is 5.57 Å². The summed E-state index contributed by atoms with van der Waals surface area (Å²) in [5.74, 6) is 1.77. The Morgan fingerprint density at radius 2 is 1.49 bits per heavy atom. The number of carboxylic acid groups (broad SMARTS) is 1. The number of fused-ring (bicyclic) bond motifs is 7. The average Bonchev–Trinajstić information content (AvgIpc) is 2.92. The summed E-state index contributed by atoms with van der Waals surface area (Å²) < 4.78 is 0. The van der Waals surface area contributed by atoms with Crippen molar-refractivity contribution in [2.24, 2.45) is 57.2 Å². The molecular weight excluding hydrogens is 520 g/mol. The molecule has 5 rings (SSSR count). The highest BCUT2D eigenvalue weighted by molar-refractivity contribution is 5.76. The average molecular weight is 577 g/mol. The third-order valence-electron chi connectivity index (χ3n) is 14.1. The van der Waals surface area contributed by atoms with E-state index in [1.54, 1.807) is 0 Å². The smallest absolute Gasteiger partial charge is 0.310 e. The minimum Gasteiger partial charge on any atom is -0.481 e. The van der Waals surface area contributed by atoms with Gasteiger partial charge in [0, 0.05) is 0 Å². The van der Waals surface area contributed by atoms with Crippen LogP contribution in [0, 0.1) is 57.2 Å². The predicted octanol–water partition coefficient (Wildman–Crippen LogP) is 4.53. The minimum absolute atomic E-state index is 0.0800. The summed E-state index contributed by atoms with van der Waals surface area (Å²) in [7, 11) is 0. The summed E-state index contributed by atoms with van der Waals surface area (Å²) >= 11 is 0. The fourth-order valence-corrected chi connectivity index (χ4v) is 11.6. The zero-order valence-electron chi connectivity index (χ0n) is 25.9. The number of carboxylic acids is 1. The zero-order valence-corrected chi connectivity index (χ0v) is 25.9. The lowest BCUT2D eigenvalue weighted by Gasteiger charge is -2.68. The first-order chi connectivity index (χ1) is 19.1. The minimum atomic E-state index is -1.59. The van der Waals surface area contributed by atoms with Crippen molar-refractivity contribution in [3.63, 3.8) is 0 Å². The van der Waals surface area contributed by atoms with Gasteiger partial charge in [-0.25, -0.2) is 0 Å². The van der Waals surface area contributed by atoms with Crippen LogP contribution in [0.5, 0.6) is 0 Å². The van der Waals surface area contributed by atoms with Crippen molar-refractivity contribution >= 4 is 5.97 Å². The molecule has 4 saturated carbocycles. The van der Waals surface area contributed by atoms with Gasteiger partial charge in [0.05, 0.1) is 18.1 Å². The number of allylic oxidation sites excluding steroid dienone is 2. The van der Waals surface area contributed by atoms with E-state index in [-0.39, 0.29) is 28.1 Å².